The smallest absolute Gasteiger partial charge is 0.327 e. The molecule has 2 aromatic rings. The zero-order valence-electron chi connectivity index (χ0n) is 11.7. The van der Waals surface area contributed by atoms with Crippen molar-refractivity contribution in [2.75, 3.05) is 39.3 Å². The van der Waals surface area contributed by atoms with Crippen molar-refractivity contribution in [2.24, 2.45) is 11.5 Å². The molecule has 10 heteroatoms. The van der Waals surface area contributed by atoms with Gasteiger partial charge in [-0.15, -0.1) is 0 Å². The predicted molar refractivity (Wildman–Crippen MR) is 81.2 cm³/mol. The van der Waals surface area contributed by atoms with E-state index < -0.39 is 11.2 Å². The third kappa shape index (κ3) is 6.31. The average Bonchev–Trinajstić information content (AvgIpc) is 2.92. The maximum absolute atomic E-state index is 10.9. The van der Waals surface area contributed by atoms with E-state index in [9.17, 15) is 9.59 Å². The van der Waals surface area contributed by atoms with Gasteiger partial charge in [0.15, 0.2) is 5.65 Å². The van der Waals surface area contributed by atoms with Gasteiger partial charge in [-0.1, -0.05) is 0 Å². The van der Waals surface area contributed by atoms with Crippen molar-refractivity contribution in [2.45, 2.75) is 0 Å². The van der Waals surface area contributed by atoms with Crippen LogP contribution in [0.2, 0.25) is 0 Å². The van der Waals surface area contributed by atoms with Crippen LogP contribution in [0.3, 0.4) is 0 Å². The Morgan fingerprint density at radius 3 is 2.19 bits per heavy atom. The van der Waals surface area contributed by atoms with E-state index >= 15 is 0 Å². The molecule has 0 saturated carbocycles. The van der Waals surface area contributed by atoms with Gasteiger partial charge in [-0.05, 0) is 0 Å². The number of aromatic nitrogens is 4. The SMILES string of the molecule is NCCNCCNCCN.O=c1[nH]c(=O)c2[nH]cnc2[nH]1. The number of fused-ring (bicyclic) bond motifs is 1. The van der Waals surface area contributed by atoms with E-state index in [4.69, 9.17) is 11.5 Å². The standard InChI is InChI=1S/C6H18N4.C5H4N4O2/c7-1-3-9-5-6-10-4-2-8;10-4-2-3(7-1-6-2)8-5(11)9-4/h9-10H,1-8H2;1H,(H3,6,7,8,9,10,11). The molecule has 21 heavy (non-hydrogen) atoms. The molecule has 2 rings (SSSR count). The number of H-pyrrole nitrogens is 3. The summed E-state index contributed by atoms with van der Waals surface area (Å²) in [6, 6.07) is 0. The Bertz CT molecular complexity index is 608. The Kier molecular flexibility index (Phi) is 7.97. The Labute approximate surface area is 120 Å². The molecule has 0 aliphatic rings. The second-order valence-corrected chi connectivity index (χ2v) is 4.11. The van der Waals surface area contributed by atoms with Gasteiger partial charge < -0.3 is 27.1 Å². The molecule has 0 atom stereocenters. The van der Waals surface area contributed by atoms with Gasteiger partial charge in [-0.2, -0.15) is 0 Å². The molecule has 0 spiro atoms. The Balaban J connectivity index is 0.000000212. The Morgan fingerprint density at radius 2 is 1.62 bits per heavy atom. The van der Waals surface area contributed by atoms with Crippen LogP contribution in [0.25, 0.3) is 11.2 Å². The third-order valence-electron chi connectivity index (χ3n) is 2.45. The van der Waals surface area contributed by atoms with Crippen molar-refractivity contribution in [1.82, 2.24) is 30.6 Å². The summed E-state index contributed by atoms with van der Waals surface area (Å²) in [5.41, 5.74) is 10.1. The van der Waals surface area contributed by atoms with Crippen LogP contribution in [0.15, 0.2) is 15.9 Å². The van der Waals surface area contributed by atoms with Crippen LogP contribution in [-0.4, -0.2) is 59.2 Å². The highest BCUT2D eigenvalue weighted by atomic mass is 16.2. The first-order valence-electron chi connectivity index (χ1n) is 6.66. The van der Waals surface area contributed by atoms with Crippen molar-refractivity contribution < 1.29 is 0 Å². The molecule has 2 heterocycles. The van der Waals surface area contributed by atoms with Crippen molar-refractivity contribution in [3.8, 4) is 0 Å². The molecule has 0 bridgehead atoms. The van der Waals surface area contributed by atoms with E-state index in [1.165, 1.54) is 6.33 Å². The average molecular weight is 298 g/mol. The molecular formula is C11H22N8O2. The Hall–Kier alpha value is -2.01. The minimum atomic E-state index is -0.547. The first-order chi connectivity index (χ1) is 10.2. The quantitative estimate of drug-likeness (QED) is 0.267. The number of imidazole rings is 1. The van der Waals surface area contributed by atoms with Gasteiger partial charge in [-0.25, -0.2) is 9.78 Å². The summed E-state index contributed by atoms with van der Waals surface area (Å²) in [5, 5.41) is 6.33. The molecule has 9 N–H and O–H groups in total. The molecule has 0 unspecified atom stereocenters. The van der Waals surface area contributed by atoms with Gasteiger partial charge in [0.1, 0.15) is 5.52 Å². The van der Waals surface area contributed by atoms with Crippen LogP contribution in [0.5, 0.6) is 0 Å². The normalized spacial score (nSPS) is 10.4. The highest BCUT2D eigenvalue weighted by Gasteiger charge is 1.99. The summed E-state index contributed by atoms with van der Waals surface area (Å²) in [7, 11) is 0. The van der Waals surface area contributed by atoms with Gasteiger partial charge in [-0.3, -0.25) is 14.8 Å². The van der Waals surface area contributed by atoms with E-state index in [0.29, 0.717) is 13.1 Å². The number of rotatable bonds is 7. The van der Waals surface area contributed by atoms with E-state index in [0.717, 1.165) is 26.2 Å². The molecule has 0 saturated heterocycles. The number of nitrogens with two attached hydrogens (primary N) is 2. The van der Waals surface area contributed by atoms with Crippen LogP contribution in [-0.2, 0) is 0 Å². The van der Waals surface area contributed by atoms with E-state index in [-0.39, 0.29) is 11.2 Å². The molecule has 118 valence electrons. The summed E-state index contributed by atoms with van der Waals surface area (Å²) >= 11 is 0. The molecule has 0 aliphatic carbocycles. The highest BCUT2D eigenvalue weighted by molar-refractivity contribution is 5.67. The van der Waals surface area contributed by atoms with Crippen molar-refractivity contribution >= 4 is 11.2 Å². The molecule has 2 aromatic heterocycles. The van der Waals surface area contributed by atoms with Crippen LogP contribution in [0.4, 0.5) is 0 Å². The van der Waals surface area contributed by atoms with Crippen LogP contribution in [0, 0.1) is 0 Å². The second-order valence-electron chi connectivity index (χ2n) is 4.11. The van der Waals surface area contributed by atoms with Gasteiger partial charge in [0.2, 0.25) is 0 Å². The zero-order valence-corrected chi connectivity index (χ0v) is 11.7. The summed E-state index contributed by atoms with van der Waals surface area (Å²) < 4.78 is 0. The summed E-state index contributed by atoms with van der Waals surface area (Å²) in [6.07, 6.45) is 1.34. The van der Waals surface area contributed by atoms with E-state index in [1.807, 2.05) is 0 Å². The molecule has 10 nitrogen and oxygen atoms in total. The van der Waals surface area contributed by atoms with Crippen LogP contribution >= 0.6 is 0 Å². The third-order valence-corrected chi connectivity index (χ3v) is 2.45. The lowest BCUT2D eigenvalue weighted by Gasteiger charge is -2.03. The first kappa shape index (κ1) is 17.0. The fourth-order valence-corrected chi connectivity index (χ4v) is 1.50. The molecule has 0 aromatic carbocycles. The molecule has 0 amide bonds. The van der Waals surface area contributed by atoms with Crippen LogP contribution in [0.1, 0.15) is 0 Å². The first-order valence-corrected chi connectivity index (χ1v) is 6.66. The van der Waals surface area contributed by atoms with E-state index in [1.54, 1.807) is 0 Å². The monoisotopic (exact) mass is 298 g/mol. The second kappa shape index (κ2) is 9.83. The number of hydrogen-bond donors (Lipinski definition) is 7. The minimum Gasteiger partial charge on any atom is -0.339 e. The van der Waals surface area contributed by atoms with Gasteiger partial charge in [0, 0.05) is 39.3 Å². The summed E-state index contributed by atoms with van der Waals surface area (Å²) in [6.45, 7) is 5.14. The number of nitrogens with zero attached hydrogens (tertiary/aromatic N) is 1. The van der Waals surface area contributed by atoms with Crippen LogP contribution < -0.4 is 33.3 Å². The minimum absolute atomic E-state index is 0.277. The maximum Gasteiger partial charge on any atom is 0.327 e. The summed E-state index contributed by atoms with van der Waals surface area (Å²) in [4.78, 5) is 32.3. The highest BCUT2D eigenvalue weighted by Crippen LogP contribution is 1.92. The van der Waals surface area contributed by atoms with E-state index in [2.05, 4.69) is 30.6 Å². The maximum atomic E-state index is 10.9. The van der Waals surface area contributed by atoms with Gasteiger partial charge >= 0.3 is 5.69 Å². The number of aromatic amines is 3. The fourth-order valence-electron chi connectivity index (χ4n) is 1.50. The van der Waals surface area contributed by atoms with Gasteiger partial charge in [0.05, 0.1) is 6.33 Å². The number of hydrogen-bond acceptors (Lipinski definition) is 7. The number of nitrogens with one attached hydrogen (secondary N) is 5. The molecule has 0 aliphatic heterocycles. The largest absolute Gasteiger partial charge is 0.339 e. The predicted octanol–water partition coefficient (Wildman–Crippen LogP) is -2.98. The topological polar surface area (TPSA) is 170 Å². The van der Waals surface area contributed by atoms with Crippen molar-refractivity contribution in [3.05, 3.63) is 27.2 Å². The fraction of sp³-hybridized carbons (Fsp3) is 0.545. The van der Waals surface area contributed by atoms with Crippen molar-refractivity contribution in [1.29, 1.82) is 0 Å². The Morgan fingerprint density at radius 1 is 1.00 bits per heavy atom. The summed E-state index contributed by atoms with van der Waals surface area (Å²) in [5.74, 6) is 0. The lowest BCUT2D eigenvalue weighted by molar-refractivity contribution is 0.618. The molecule has 0 fully saturated rings. The van der Waals surface area contributed by atoms with Crippen molar-refractivity contribution in [3.63, 3.8) is 0 Å². The zero-order chi connectivity index (χ0) is 15.5. The molecule has 0 radical (unpaired) electrons. The lowest BCUT2D eigenvalue weighted by Crippen LogP contribution is -2.32. The van der Waals surface area contributed by atoms with Gasteiger partial charge in [0.25, 0.3) is 5.56 Å². The lowest BCUT2D eigenvalue weighted by atomic mass is 10.5. The molecular weight excluding hydrogens is 276 g/mol.